The first-order valence-corrected chi connectivity index (χ1v) is 9.21. The second-order valence-electron chi connectivity index (χ2n) is 6.56. The van der Waals surface area contributed by atoms with E-state index in [2.05, 4.69) is 15.1 Å². The largest absolute Gasteiger partial charge is 0.387 e. The average Bonchev–Trinajstić information content (AvgIpc) is 2.64. The Bertz CT molecular complexity index is 701. The van der Waals surface area contributed by atoms with E-state index in [9.17, 15) is 9.90 Å². The zero-order valence-corrected chi connectivity index (χ0v) is 15.4. The van der Waals surface area contributed by atoms with Crippen LogP contribution < -0.4 is 5.32 Å². The van der Waals surface area contributed by atoms with Gasteiger partial charge in [0.1, 0.15) is 0 Å². The van der Waals surface area contributed by atoms with Crippen LogP contribution in [-0.4, -0.2) is 60.1 Å². The molecule has 26 heavy (non-hydrogen) atoms. The van der Waals surface area contributed by atoms with E-state index in [4.69, 9.17) is 11.6 Å². The lowest BCUT2D eigenvalue weighted by Gasteiger charge is -2.35. The number of aliphatic hydroxyl groups is 1. The number of benzene rings is 2. The summed E-state index contributed by atoms with van der Waals surface area (Å²) in [7, 11) is 0. The molecule has 1 aliphatic heterocycles. The number of halogens is 1. The van der Waals surface area contributed by atoms with Gasteiger partial charge >= 0.3 is 0 Å². The number of carbonyl (C=O) groups excluding carboxylic acids is 1. The third-order valence-corrected chi connectivity index (χ3v) is 4.83. The van der Waals surface area contributed by atoms with E-state index in [-0.39, 0.29) is 5.91 Å². The molecule has 1 saturated heterocycles. The highest BCUT2D eigenvalue weighted by Crippen LogP contribution is 2.18. The highest BCUT2D eigenvalue weighted by molar-refractivity contribution is 6.30. The lowest BCUT2D eigenvalue weighted by Crippen LogP contribution is -2.49. The van der Waals surface area contributed by atoms with Gasteiger partial charge in [-0.15, -0.1) is 0 Å². The van der Waals surface area contributed by atoms with Crippen molar-refractivity contribution in [2.24, 2.45) is 0 Å². The molecule has 0 aliphatic carbocycles. The zero-order chi connectivity index (χ0) is 18.4. The summed E-state index contributed by atoms with van der Waals surface area (Å²) in [5.74, 6) is 0.00542. The Morgan fingerprint density at radius 1 is 1.00 bits per heavy atom. The maximum atomic E-state index is 12.1. The second kappa shape index (κ2) is 9.14. The molecule has 1 amide bonds. The Morgan fingerprint density at radius 2 is 1.62 bits per heavy atom. The lowest BCUT2D eigenvalue weighted by atomic mass is 10.1. The predicted molar refractivity (Wildman–Crippen MR) is 104 cm³/mol. The van der Waals surface area contributed by atoms with Crippen molar-refractivity contribution < 1.29 is 9.90 Å². The standard InChI is InChI=1S/C20H24ClN3O2/c21-17-8-6-16(7-9-17)19(25)14-23-10-12-24(13-11-23)15-20(26)22-18-4-2-1-3-5-18/h1-9,19,25H,10-15H2,(H,22,26). The van der Waals surface area contributed by atoms with Gasteiger partial charge < -0.3 is 10.4 Å². The van der Waals surface area contributed by atoms with Crippen molar-refractivity contribution in [2.45, 2.75) is 6.10 Å². The van der Waals surface area contributed by atoms with Crippen molar-refractivity contribution in [3.63, 3.8) is 0 Å². The first kappa shape index (κ1) is 18.9. The first-order chi connectivity index (χ1) is 12.6. The number of hydrogen-bond acceptors (Lipinski definition) is 4. The topological polar surface area (TPSA) is 55.8 Å². The molecular formula is C20H24ClN3O2. The molecule has 2 aromatic rings. The number of rotatable bonds is 6. The summed E-state index contributed by atoms with van der Waals surface area (Å²) in [6.45, 7) is 4.28. The number of nitrogens with one attached hydrogen (secondary N) is 1. The molecule has 0 aromatic heterocycles. The zero-order valence-electron chi connectivity index (χ0n) is 14.6. The van der Waals surface area contributed by atoms with Gasteiger partial charge in [0.05, 0.1) is 12.6 Å². The van der Waals surface area contributed by atoms with Crippen molar-refractivity contribution in [3.05, 3.63) is 65.2 Å². The Labute approximate surface area is 159 Å². The van der Waals surface area contributed by atoms with Gasteiger partial charge in [-0.05, 0) is 29.8 Å². The van der Waals surface area contributed by atoms with Crippen LogP contribution in [0.1, 0.15) is 11.7 Å². The van der Waals surface area contributed by atoms with Crippen molar-refractivity contribution >= 4 is 23.2 Å². The van der Waals surface area contributed by atoms with Crippen LogP contribution in [0, 0.1) is 0 Å². The van der Waals surface area contributed by atoms with E-state index in [1.54, 1.807) is 12.1 Å². The summed E-state index contributed by atoms with van der Waals surface area (Å²) < 4.78 is 0. The minimum Gasteiger partial charge on any atom is -0.387 e. The number of carbonyl (C=O) groups is 1. The molecule has 1 aliphatic rings. The van der Waals surface area contributed by atoms with Crippen LogP contribution in [0.25, 0.3) is 0 Å². The van der Waals surface area contributed by atoms with Crippen LogP contribution in [0.15, 0.2) is 54.6 Å². The van der Waals surface area contributed by atoms with Crippen LogP contribution in [-0.2, 0) is 4.79 Å². The van der Waals surface area contributed by atoms with Gasteiger partial charge in [0.2, 0.25) is 5.91 Å². The van der Waals surface area contributed by atoms with Gasteiger partial charge in [-0.1, -0.05) is 41.9 Å². The van der Waals surface area contributed by atoms with Crippen LogP contribution in [0.4, 0.5) is 5.69 Å². The maximum absolute atomic E-state index is 12.1. The molecular weight excluding hydrogens is 350 g/mol. The molecule has 0 bridgehead atoms. The van der Waals surface area contributed by atoms with E-state index in [0.29, 0.717) is 18.1 Å². The van der Waals surface area contributed by atoms with Crippen LogP contribution in [0.3, 0.4) is 0 Å². The van der Waals surface area contributed by atoms with Gasteiger partial charge in [0.15, 0.2) is 0 Å². The summed E-state index contributed by atoms with van der Waals surface area (Å²) >= 11 is 5.89. The van der Waals surface area contributed by atoms with E-state index in [1.165, 1.54) is 0 Å². The molecule has 1 fully saturated rings. The molecule has 1 atom stereocenters. The van der Waals surface area contributed by atoms with Crippen molar-refractivity contribution in [1.82, 2.24) is 9.80 Å². The maximum Gasteiger partial charge on any atom is 0.238 e. The van der Waals surface area contributed by atoms with E-state index < -0.39 is 6.10 Å². The second-order valence-corrected chi connectivity index (χ2v) is 6.99. The highest BCUT2D eigenvalue weighted by atomic mass is 35.5. The first-order valence-electron chi connectivity index (χ1n) is 8.83. The summed E-state index contributed by atoms with van der Waals surface area (Å²) in [6.07, 6.45) is -0.528. The Kier molecular flexibility index (Phi) is 6.63. The number of piperazine rings is 1. The van der Waals surface area contributed by atoms with Gasteiger partial charge in [-0.3, -0.25) is 14.6 Å². The molecule has 2 aromatic carbocycles. The molecule has 1 unspecified atom stereocenters. The number of aliphatic hydroxyl groups excluding tert-OH is 1. The van der Waals surface area contributed by atoms with E-state index in [1.807, 2.05) is 42.5 Å². The summed E-state index contributed by atoms with van der Waals surface area (Å²) in [4.78, 5) is 16.5. The monoisotopic (exact) mass is 373 g/mol. The van der Waals surface area contributed by atoms with Crippen molar-refractivity contribution in [2.75, 3.05) is 44.6 Å². The summed E-state index contributed by atoms with van der Waals surface area (Å²) in [5, 5.41) is 14.0. The van der Waals surface area contributed by atoms with Gasteiger partial charge in [0, 0.05) is 43.4 Å². The van der Waals surface area contributed by atoms with Crippen molar-refractivity contribution in [3.8, 4) is 0 Å². The number of amides is 1. The SMILES string of the molecule is O=C(CN1CCN(CC(O)c2ccc(Cl)cc2)CC1)Nc1ccccc1. The minimum atomic E-state index is -0.528. The number of hydrogen-bond donors (Lipinski definition) is 2. The number of anilines is 1. The lowest BCUT2D eigenvalue weighted by molar-refractivity contribution is -0.117. The molecule has 138 valence electrons. The molecule has 5 nitrogen and oxygen atoms in total. The van der Waals surface area contributed by atoms with Gasteiger partial charge in [-0.2, -0.15) is 0 Å². The van der Waals surface area contributed by atoms with Crippen LogP contribution >= 0.6 is 11.6 Å². The Balaban J connectivity index is 1.41. The molecule has 2 N–H and O–H groups in total. The fraction of sp³-hybridized carbons (Fsp3) is 0.350. The minimum absolute atomic E-state index is 0.00542. The molecule has 3 rings (SSSR count). The third kappa shape index (κ3) is 5.54. The number of para-hydroxylation sites is 1. The van der Waals surface area contributed by atoms with E-state index in [0.717, 1.165) is 37.4 Å². The fourth-order valence-electron chi connectivity index (χ4n) is 3.09. The van der Waals surface area contributed by atoms with Crippen LogP contribution in [0.5, 0.6) is 0 Å². The molecule has 1 heterocycles. The molecule has 0 radical (unpaired) electrons. The third-order valence-electron chi connectivity index (χ3n) is 4.58. The normalized spacial score (nSPS) is 17.0. The predicted octanol–water partition coefficient (Wildman–Crippen LogP) is 2.63. The quantitative estimate of drug-likeness (QED) is 0.817. The molecule has 6 heteroatoms. The molecule has 0 saturated carbocycles. The fourth-order valence-corrected chi connectivity index (χ4v) is 3.22. The van der Waals surface area contributed by atoms with Crippen LogP contribution in [0.2, 0.25) is 5.02 Å². The van der Waals surface area contributed by atoms with Gasteiger partial charge in [0.25, 0.3) is 0 Å². The van der Waals surface area contributed by atoms with Crippen molar-refractivity contribution in [1.29, 1.82) is 0 Å². The molecule has 0 spiro atoms. The number of β-amino-alcohol motifs (C(OH)–C–C–N with tert-alkyl or cyclic N) is 1. The smallest absolute Gasteiger partial charge is 0.238 e. The highest BCUT2D eigenvalue weighted by Gasteiger charge is 2.21. The van der Waals surface area contributed by atoms with Gasteiger partial charge in [-0.25, -0.2) is 0 Å². The number of nitrogens with zero attached hydrogens (tertiary/aromatic N) is 2. The Hall–Kier alpha value is -1.92. The Morgan fingerprint density at radius 3 is 2.27 bits per heavy atom. The average molecular weight is 374 g/mol. The summed E-state index contributed by atoms with van der Waals surface area (Å²) in [6, 6.07) is 16.8. The summed E-state index contributed by atoms with van der Waals surface area (Å²) in [5.41, 5.74) is 1.70. The van der Waals surface area contributed by atoms with E-state index >= 15 is 0 Å².